The minimum Gasteiger partial charge on any atom is -0.398 e. The molecule has 1 aromatic carbocycles. The van der Waals surface area contributed by atoms with E-state index >= 15 is 0 Å². The molecule has 2 nitrogen and oxygen atoms in total. The number of hydrogen-bond donors (Lipinski definition) is 1. The lowest BCUT2D eigenvalue weighted by Gasteiger charge is -2.03. The number of pyridine rings is 1. The Balaban J connectivity index is 2.94. The molecule has 13 heavy (non-hydrogen) atoms. The Morgan fingerprint density at radius 2 is 2.00 bits per heavy atom. The van der Waals surface area contributed by atoms with Crippen LogP contribution >= 0.6 is 31.9 Å². The average Bonchev–Trinajstić information content (AvgIpc) is 2.07. The number of anilines is 1. The van der Waals surface area contributed by atoms with Crippen molar-refractivity contribution in [2.75, 3.05) is 5.73 Å². The summed E-state index contributed by atoms with van der Waals surface area (Å²) in [5, 5.41) is 0.962. The van der Waals surface area contributed by atoms with Crippen LogP contribution in [-0.2, 0) is 0 Å². The van der Waals surface area contributed by atoms with E-state index in [0.717, 1.165) is 25.5 Å². The molecule has 2 rings (SSSR count). The van der Waals surface area contributed by atoms with E-state index in [1.807, 2.05) is 12.1 Å². The van der Waals surface area contributed by atoms with Crippen molar-refractivity contribution in [3.05, 3.63) is 33.3 Å². The normalized spacial score (nSPS) is 10.6. The summed E-state index contributed by atoms with van der Waals surface area (Å²) in [4.78, 5) is 4.23. The summed E-state index contributed by atoms with van der Waals surface area (Å²) in [5.74, 6) is 0. The maximum atomic E-state index is 5.81. The molecule has 0 bridgehead atoms. The molecular weight excluding hydrogens is 296 g/mol. The van der Waals surface area contributed by atoms with Gasteiger partial charge in [0.15, 0.2) is 0 Å². The van der Waals surface area contributed by atoms with Gasteiger partial charge in [0.2, 0.25) is 0 Å². The first-order chi connectivity index (χ1) is 6.18. The zero-order valence-electron chi connectivity index (χ0n) is 6.59. The van der Waals surface area contributed by atoms with Gasteiger partial charge in [0.05, 0.1) is 5.52 Å². The van der Waals surface area contributed by atoms with Crippen molar-refractivity contribution in [3.8, 4) is 0 Å². The second-order valence-corrected chi connectivity index (χ2v) is 4.45. The Morgan fingerprint density at radius 1 is 1.23 bits per heavy atom. The Bertz CT molecular complexity index is 468. The summed E-state index contributed by atoms with van der Waals surface area (Å²) in [6.45, 7) is 0. The average molecular weight is 302 g/mol. The minimum atomic E-state index is 0.743. The van der Waals surface area contributed by atoms with Crippen LogP contribution in [0.4, 0.5) is 5.69 Å². The Labute approximate surface area is 92.4 Å². The number of rotatable bonds is 0. The first-order valence-corrected chi connectivity index (χ1v) is 5.26. The molecule has 0 saturated carbocycles. The summed E-state index contributed by atoms with van der Waals surface area (Å²) in [7, 11) is 0. The second-order valence-electron chi connectivity index (χ2n) is 2.68. The molecule has 0 atom stereocenters. The molecule has 1 heterocycles. The van der Waals surface area contributed by atoms with E-state index in [0.29, 0.717) is 0 Å². The van der Waals surface area contributed by atoms with E-state index in [2.05, 4.69) is 36.8 Å². The molecule has 1 aromatic heterocycles. The van der Waals surface area contributed by atoms with Gasteiger partial charge in [-0.2, -0.15) is 0 Å². The third-order valence-electron chi connectivity index (χ3n) is 1.80. The van der Waals surface area contributed by atoms with Crippen LogP contribution < -0.4 is 5.73 Å². The molecule has 66 valence electrons. The van der Waals surface area contributed by atoms with Crippen molar-refractivity contribution in [3.63, 3.8) is 0 Å². The zero-order chi connectivity index (χ0) is 9.42. The first kappa shape index (κ1) is 8.97. The van der Waals surface area contributed by atoms with Crippen molar-refractivity contribution < 1.29 is 0 Å². The van der Waals surface area contributed by atoms with Gasteiger partial charge in [-0.25, -0.2) is 0 Å². The number of nitrogens with zero attached hydrogens (tertiary/aromatic N) is 1. The predicted octanol–water partition coefficient (Wildman–Crippen LogP) is 3.34. The van der Waals surface area contributed by atoms with E-state index < -0.39 is 0 Å². The minimum absolute atomic E-state index is 0.743. The van der Waals surface area contributed by atoms with Crippen molar-refractivity contribution >= 4 is 48.5 Å². The number of benzene rings is 1. The van der Waals surface area contributed by atoms with E-state index in [1.165, 1.54) is 0 Å². The maximum absolute atomic E-state index is 5.81. The highest BCUT2D eigenvalue weighted by atomic mass is 79.9. The van der Waals surface area contributed by atoms with Crippen LogP contribution in [0.5, 0.6) is 0 Å². The van der Waals surface area contributed by atoms with Crippen LogP contribution in [0, 0.1) is 0 Å². The van der Waals surface area contributed by atoms with E-state index in [4.69, 9.17) is 5.73 Å². The number of nitrogen functional groups attached to an aromatic ring is 1. The van der Waals surface area contributed by atoms with Gasteiger partial charge in [-0.1, -0.05) is 15.9 Å². The highest BCUT2D eigenvalue weighted by Crippen LogP contribution is 2.29. The maximum Gasteiger partial charge on any atom is 0.0865 e. The fraction of sp³-hybridized carbons (Fsp3) is 0. The topological polar surface area (TPSA) is 38.9 Å². The largest absolute Gasteiger partial charge is 0.398 e. The lowest BCUT2D eigenvalue weighted by Crippen LogP contribution is -1.89. The predicted molar refractivity (Wildman–Crippen MR) is 61.6 cm³/mol. The van der Waals surface area contributed by atoms with E-state index in [9.17, 15) is 0 Å². The van der Waals surface area contributed by atoms with Crippen molar-refractivity contribution in [1.29, 1.82) is 0 Å². The summed E-state index contributed by atoms with van der Waals surface area (Å²) in [6, 6.07) is 5.71. The molecule has 0 spiro atoms. The van der Waals surface area contributed by atoms with Gasteiger partial charge >= 0.3 is 0 Å². The monoisotopic (exact) mass is 300 g/mol. The van der Waals surface area contributed by atoms with Crippen LogP contribution in [0.3, 0.4) is 0 Å². The summed E-state index contributed by atoms with van der Waals surface area (Å²) >= 11 is 6.84. The number of hydrogen-bond acceptors (Lipinski definition) is 2. The number of aromatic nitrogens is 1. The molecular formula is C9H6Br2N2. The fourth-order valence-electron chi connectivity index (χ4n) is 1.20. The molecule has 2 aromatic rings. The van der Waals surface area contributed by atoms with Gasteiger partial charge in [0.25, 0.3) is 0 Å². The molecule has 0 aliphatic rings. The highest BCUT2D eigenvalue weighted by molar-refractivity contribution is 9.11. The first-order valence-electron chi connectivity index (χ1n) is 3.68. The molecule has 0 radical (unpaired) electrons. The lowest BCUT2D eigenvalue weighted by molar-refractivity contribution is 1.40. The van der Waals surface area contributed by atoms with Crippen LogP contribution in [-0.4, -0.2) is 4.98 Å². The number of halogens is 2. The van der Waals surface area contributed by atoms with Gasteiger partial charge in [-0.3, -0.25) is 4.98 Å². The summed E-state index contributed by atoms with van der Waals surface area (Å²) < 4.78 is 1.94. The van der Waals surface area contributed by atoms with Crippen molar-refractivity contribution in [2.24, 2.45) is 0 Å². The molecule has 0 fully saturated rings. The van der Waals surface area contributed by atoms with Gasteiger partial charge in [-0.05, 0) is 34.1 Å². The highest BCUT2D eigenvalue weighted by Gasteiger charge is 2.03. The molecule has 0 saturated heterocycles. The van der Waals surface area contributed by atoms with Crippen molar-refractivity contribution in [1.82, 2.24) is 4.98 Å². The molecule has 2 N–H and O–H groups in total. The number of nitrogens with two attached hydrogens (primary N) is 1. The second kappa shape index (κ2) is 3.27. The molecule has 0 unspecified atom stereocenters. The van der Waals surface area contributed by atoms with Crippen LogP contribution in [0.2, 0.25) is 0 Å². The van der Waals surface area contributed by atoms with Gasteiger partial charge in [0.1, 0.15) is 0 Å². The van der Waals surface area contributed by atoms with Gasteiger partial charge in [0, 0.05) is 26.2 Å². The Hall–Kier alpha value is -0.610. The smallest absolute Gasteiger partial charge is 0.0865 e. The van der Waals surface area contributed by atoms with Gasteiger partial charge < -0.3 is 5.73 Å². The van der Waals surface area contributed by atoms with Gasteiger partial charge in [-0.15, -0.1) is 0 Å². The van der Waals surface area contributed by atoms with Crippen molar-refractivity contribution in [2.45, 2.75) is 0 Å². The summed E-state index contributed by atoms with van der Waals surface area (Å²) in [6.07, 6.45) is 1.70. The zero-order valence-corrected chi connectivity index (χ0v) is 9.76. The van der Waals surface area contributed by atoms with Crippen LogP contribution in [0.15, 0.2) is 33.3 Å². The molecule has 0 amide bonds. The van der Waals surface area contributed by atoms with E-state index in [1.54, 1.807) is 12.3 Å². The standard InChI is InChI=1S/C9H6Br2N2/c10-5-3-6-8(12)1-2-13-9(6)7(11)4-5/h1-4H,(H2,12,13). The molecule has 0 aliphatic heterocycles. The van der Waals surface area contributed by atoms with Crippen LogP contribution in [0.1, 0.15) is 0 Å². The van der Waals surface area contributed by atoms with Crippen LogP contribution in [0.25, 0.3) is 10.9 Å². The molecule has 4 heteroatoms. The Kier molecular flexibility index (Phi) is 2.26. The van der Waals surface area contributed by atoms with E-state index in [-0.39, 0.29) is 0 Å². The third kappa shape index (κ3) is 1.56. The lowest BCUT2D eigenvalue weighted by atomic mass is 10.2. The SMILES string of the molecule is Nc1ccnc2c(Br)cc(Br)cc12. The quantitative estimate of drug-likeness (QED) is 0.810. The Morgan fingerprint density at radius 3 is 2.77 bits per heavy atom. The fourth-order valence-corrected chi connectivity index (χ4v) is 2.53. The third-order valence-corrected chi connectivity index (χ3v) is 2.86. The number of fused-ring (bicyclic) bond motifs is 1. The summed E-state index contributed by atoms with van der Waals surface area (Å²) in [5.41, 5.74) is 7.45. The molecule has 0 aliphatic carbocycles.